The van der Waals surface area contributed by atoms with Crippen LogP contribution in [-0.4, -0.2) is 34.3 Å². The summed E-state index contributed by atoms with van der Waals surface area (Å²) in [6.07, 6.45) is 0. The van der Waals surface area contributed by atoms with E-state index in [4.69, 9.17) is 23.7 Å². The summed E-state index contributed by atoms with van der Waals surface area (Å²) in [7, 11) is 6.26. The molecule has 0 aliphatic carbocycles. The van der Waals surface area contributed by atoms with Gasteiger partial charge in [-0.05, 0) is 42.5 Å². The third-order valence-electron chi connectivity index (χ3n) is 4.65. The lowest BCUT2D eigenvalue weighted by Gasteiger charge is -2.15. The van der Waals surface area contributed by atoms with Gasteiger partial charge in [0.05, 0.1) is 34.1 Å². The zero-order chi connectivity index (χ0) is 22.2. The van der Waals surface area contributed by atoms with Crippen LogP contribution >= 0.6 is 0 Å². The third-order valence-corrected chi connectivity index (χ3v) is 4.65. The molecule has 162 valence electrons. The van der Waals surface area contributed by atoms with Crippen LogP contribution in [-0.2, 0) is 6.61 Å². The van der Waals surface area contributed by atoms with Crippen molar-refractivity contribution in [3.05, 3.63) is 71.8 Å². The zero-order valence-electron chi connectivity index (χ0n) is 17.9. The normalized spacial score (nSPS) is 10.2. The van der Waals surface area contributed by atoms with Gasteiger partial charge in [-0.15, -0.1) is 0 Å². The Morgan fingerprint density at radius 2 is 1.42 bits per heavy atom. The molecule has 0 atom stereocenters. The number of rotatable bonds is 9. The van der Waals surface area contributed by atoms with E-state index in [9.17, 15) is 4.79 Å². The SMILES string of the molecule is COc1ccc(OC)c(NC(=O)c2ccc(OC)c(COc3ccccc3OC)c2)c1. The molecule has 0 saturated heterocycles. The minimum atomic E-state index is -0.298. The number of hydrogen-bond donors (Lipinski definition) is 1. The number of para-hydroxylation sites is 2. The highest BCUT2D eigenvalue weighted by Gasteiger charge is 2.14. The number of ether oxygens (including phenoxy) is 5. The van der Waals surface area contributed by atoms with Crippen LogP contribution in [0.2, 0.25) is 0 Å². The Hall–Kier alpha value is -3.87. The average Bonchev–Trinajstić information content (AvgIpc) is 2.82. The molecule has 1 N–H and O–H groups in total. The number of anilines is 1. The summed E-state index contributed by atoms with van der Waals surface area (Å²) in [6, 6.07) is 17.7. The quantitative estimate of drug-likeness (QED) is 0.544. The molecule has 0 saturated carbocycles. The lowest BCUT2D eigenvalue weighted by atomic mass is 10.1. The van der Waals surface area contributed by atoms with E-state index in [0.29, 0.717) is 40.0 Å². The summed E-state index contributed by atoms with van der Waals surface area (Å²) in [5.41, 5.74) is 1.68. The monoisotopic (exact) mass is 423 g/mol. The topological polar surface area (TPSA) is 75.3 Å². The second kappa shape index (κ2) is 10.2. The lowest BCUT2D eigenvalue weighted by molar-refractivity contribution is 0.102. The molecular formula is C24H25NO6. The molecular weight excluding hydrogens is 398 g/mol. The Labute approximate surface area is 181 Å². The molecule has 0 bridgehead atoms. The number of nitrogens with one attached hydrogen (secondary N) is 1. The summed E-state index contributed by atoms with van der Waals surface area (Å²) >= 11 is 0. The van der Waals surface area contributed by atoms with Crippen molar-refractivity contribution >= 4 is 11.6 Å². The summed E-state index contributed by atoms with van der Waals surface area (Å²) in [4.78, 5) is 12.9. The summed E-state index contributed by atoms with van der Waals surface area (Å²) in [5, 5.41) is 2.86. The van der Waals surface area contributed by atoms with Gasteiger partial charge >= 0.3 is 0 Å². The van der Waals surface area contributed by atoms with Gasteiger partial charge < -0.3 is 29.0 Å². The van der Waals surface area contributed by atoms with E-state index in [1.807, 2.05) is 24.3 Å². The molecule has 1 amide bonds. The van der Waals surface area contributed by atoms with E-state index in [0.717, 1.165) is 5.56 Å². The molecule has 3 aromatic rings. The van der Waals surface area contributed by atoms with Gasteiger partial charge in [-0.2, -0.15) is 0 Å². The van der Waals surface area contributed by atoms with Crippen molar-refractivity contribution in [2.75, 3.05) is 33.8 Å². The fraction of sp³-hybridized carbons (Fsp3) is 0.208. The fourth-order valence-corrected chi connectivity index (χ4v) is 3.03. The molecule has 0 aromatic heterocycles. The molecule has 7 nitrogen and oxygen atoms in total. The Balaban J connectivity index is 1.82. The van der Waals surface area contributed by atoms with Gasteiger partial charge in [-0.3, -0.25) is 4.79 Å². The number of hydrogen-bond acceptors (Lipinski definition) is 6. The van der Waals surface area contributed by atoms with Gasteiger partial charge in [0.1, 0.15) is 23.9 Å². The molecule has 7 heteroatoms. The van der Waals surface area contributed by atoms with E-state index in [1.54, 1.807) is 57.7 Å². The Morgan fingerprint density at radius 1 is 0.742 bits per heavy atom. The summed E-state index contributed by atoms with van der Waals surface area (Å²) in [5.74, 6) is 2.68. The third kappa shape index (κ3) is 5.19. The molecule has 0 aliphatic heterocycles. The first-order valence-electron chi connectivity index (χ1n) is 9.55. The summed E-state index contributed by atoms with van der Waals surface area (Å²) < 4.78 is 27.2. The minimum Gasteiger partial charge on any atom is -0.497 e. The van der Waals surface area contributed by atoms with E-state index in [2.05, 4.69) is 5.32 Å². The first-order valence-corrected chi connectivity index (χ1v) is 9.55. The van der Waals surface area contributed by atoms with Gasteiger partial charge in [0.2, 0.25) is 0 Å². The number of amides is 1. The van der Waals surface area contributed by atoms with E-state index >= 15 is 0 Å². The molecule has 31 heavy (non-hydrogen) atoms. The number of carbonyl (C=O) groups excluding carboxylic acids is 1. The molecule has 0 spiro atoms. The number of benzene rings is 3. The minimum absolute atomic E-state index is 0.202. The van der Waals surface area contributed by atoms with Crippen LogP contribution in [0, 0.1) is 0 Å². The van der Waals surface area contributed by atoms with Gasteiger partial charge in [-0.1, -0.05) is 12.1 Å². The molecule has 3 aromatic carbocycles. The van der Waals surface area contributed by atoms with Gasteiger partial charge in [0.25, 0.3) is 5.91 Å². The Morgan fingerprint density at radius 3 is 2.10 bits per heavy atom. The van der Waals surface area contributed by atoms with Crippen LogP contribution in [0.3, 0.4) is 0 Å². The molecule has 0 aliphatic rings. The number of carbonyl (C=O) groups is 1. The van der Waals surface area contributed by atoms with Crippen molar-refractivity contribution in [1.82, 2.24) is 0 Å². The lowest BCUT2D eigenvalue weighted by Crippen LogP contribution is -2.13. The first kappa shape index (κ1) is 21.8. The highest BCUT2D eigenvalue weighted by Crippen LogP contribution is 2.31. The van der Waals surface area contributed by atoms with Crippen molar-refractivity contribution in [3.8, 4) is 28.7 Å². The maximum Gasteiger partial charge on any atom is 0.255 e. The summed E-state index contributed by atoms with van der Waals surface area (Å²) in [6.45, 7) is 0.202. The number of methoxy groups -OCH3 is 4. The molecule has 0 fully saturated rings. The van der Waals surface area contributed by atoms with Crippen LogP contribution in [0.4, 0.5) is 5.69 Å². The maximum absolute atomic E-state index is 12.9. The second-order valence-corrected chi connectivity index (χ2v) is 6.49. The molecule has 0 heterocycles. The van der Waals surface area contributed by atoms with Gasteiger partial charge in [0, 0.05) is 17.2 Å². The van der Waals surface area contributed by atoms with Gasteiger partial charge in [-0.25, -0.2) is 0 Å². The molecule has 3 rings (SSSR count). The zero-order valence-corrected chi connectivity index (χ0v) is 17.9. The smallest absolute Gasteiger partial charge is 0.255 e. The largest absolute Gasteiger partial charge is 0.497 e. The second-order valence-electron chi connectivity index (χ2n) is 6.49. The Bertz CT molecular complexity index is 1050. The highest BCUT2D eigenvalue weighted by molar-refractivity contribution is 6.05. The van der Waals surface area contributed by atoms with Crippen molar-refractivity contribution in [2.24, 2.45) is 0 Å². The van der Waals surface area contributed by atoms with Crippen LogP contribution in [0.5, 0.6) is 28.7 Å². The predicted molar refractivity (Wildman–Crippen MR) is 118 cm³/mol. The van der Waals surface area contributed by atoms with Crippen molar-refractivity contribution in [1.29, 1.82) is 0 Å². The predicted octanol–water partition coefficient (Wildman–Crippen LogP) is 4.55. The molecule has 0 unspecified atom stereocenters. The highest BCUT2D eigenvalue weighted by atomic mass is 16.5. The van der Waals surface area contributed by atoms with Crippen molar-refractivity contribution in [2.45, 2.75) is 6.61 Å². The van der Waals surface area contributed by atoms with Crippen molar-refractivity contribution < 1.29 is 28.5 Å². The molecule has 0 radical (unpaired) electrons. The van der Waals surface area contributed by atoms with Crippen LogP contribution < -0.4 is 29.0 Å². The van der Waals surface area contributed by atoms with Crippen LogP contribution in [0.25, 0.3) is 0 Å². The standard InChI is InChI=1S/C24H25NO6/c1-27-18-10-12-21(29-3)19(14-18)25-24(26)16-9-11-20(28-2)17(13-16)15-31-23-8-6-5-7-22(23)30-4/h5-14H,15H2,1-4H3,(H,25,26). The van der Waals surface area contributed by atoms with Crippen LogP contribution in [0.1, 0.15) is 15.9 Å². The van der Waals surface area contributed by atoms with Gasteiger partial charge in [0.15, 0.2) is 11.5 Å². The first-order chi connectivity index (χ1) is 15.1. The van der Waals surface area contributed by atoms with E-state index < -0.39 is 0 Å². The van der Waals surface area contributed by atoms with E-state index in [-0.39, 0.29) is 12.5 Å². The average molecular weight is 423 g/mol. The van der Waals surface area contributed by atoms with Crippen LogP contribution in [0.15, 0.2) is 60.7 Å². The van der Waals surface area contributed by atoms with E-state index in [1.165, 1.54) is 7.11 Å². The maximum atomic E-state index is 12.9. The Kier molecular flexibility index (Phi) is 7.22. The van der Waals surface area contributed by atoms with Crippen molar-refractivity contribution in [3.63, 3.8) is 0 Å². The fourth-order valence-electron chi connectivity index (χ4n) is 3.03.